The molecular formula is C14H19NO2. The molecule has 0 aliphatic heterocycles. The molecule has 0 bridgehead atoms. The molecule has 0 fully saturated rings. The lowest BCUT2D eigenvalue weighted by Crippen LogP contribution is -2.35. The van der Waals surface area contributed by atoms with Gasteiger partial charge in [-0.1, -0.05) is 31.5 Å². The average molecular weight is 233 g/mol. The second kappa shape index (κ2) is 6.18. The summed E-state index contributed by atoms with van der Waals surface area (Å²) in [6, 6.07) is 7.21. The molecule has 0 aromatic heterocycles. The molecule has 1 aromatic carbocycles. The van der Waals surface area contributed by atoms with Gasteiger partial charge >= 0.3 is 0 Å². The Balaban J connectivity index is 2.70. The van der Waals surface area contributed by atoms with Gasteiger partial charge in [-0.05, 0) is 31.9 Å². The van der Waals surface area contributed by atoms with Crippen molar-refractivity contribution >= 4 is 11.8 Å². The molecule has 0 unspecified atom stereocenters. The van der Waals surface area contributed by atoms with E-state index in [1.807, 2.05) is 32.9 Å². The first-order valence-corrected chi connectivity index (χ1v) is 6.00. The van der Waals surface area contributed by atoms with Crippen molar-refractivity contribution in [3.8, 4) is 0 Å². The molecule has 0 saturated heterocycles. The Kier molecular flexibility index (Phi) is 4.88. The van der Waals surface area contributed by atoms with Crippen molar-refractivity contribution in [1.82, 2.24) is 5.32 Å². The SMILES string of the molecule is CCC(CC)C(=O)NC(=O)c1cccc(C)c1. The number of benzene rings is 1. The Labute approximate surface area is 102 Å². The maximum atomic E-state index is 11.8. The van der Waals surface area contributed by atoms with Crippen LogP contribution in [-0.4, -0.2) is 11.8 Å². The third-order valence-electron chi connectivity index (χ3n) is 2.87. The highest BCUT2D eigenvalue weighted by Gasteiger charge is 2.17. The van der Waals surface area contributed by atoms with E-state index >= 15 is 0 Å². The zero-order chi connectivity index (χ0) is 12.8. The van der Waals surface area contributed by atoms with Crippen LogP contribution >= 0.6 is 0 Å². The summed E-state index contributed by atoms with van der Waals surface area (Å²) in [5.41, 5.74) is 1.54. The van der Waals surface area contributed by atoms with E-state index in [4.69, 9.17) is 0 Å². The summed E-state index contributed by atoms with van der Waals surface area (Å²) < 4.78 is 0. The summed E-state index contributed by atoms with van der Waals surface area (Å²) in [5, 5.41) is 2.45. The highest BCUT2D eigenvalue weighted by atomic mass is 16.2. The summed E-state index contributed by atoms with van der Waals surface area (Å²) in [4.78, 5) is 23.6. The van der Waals surface area contributed by atoms with E-state index in [-0.39, 0.29) is 17.7 Å². The van der Waals surface area contributed by atoms with Crippen molar-refractivity contribution in [3.63, 3.8) is 0 Å². The maximum Gasteiger partial charge on any atom is 0.257 e. The number of amides is 2. The van der Waals surface area contributed by atoms with Crippen LogP contribution in [0.15, 0.2) is 24.3 Å². The average Bonchev–Trinajstić information content (AvgIpc) is 2.30. The lowest BCUT2D eigenvalue weighted by Gasteiger charge is -2.11. The largest absolute Gasteiger partial charge is 0.292 e. The Morgan fingerprint density at radius 1 is 1.24 bits per heavy atom. The molecule has 3 nitrogen and oxygen atoms in total. The Morgan fingerprint density at radius 2 is 1.88 bits per heavy atom. The van der Waals surface area contributed by atoms with Crippen molar-refractivity contribution in [1.29, 1.82) is 0 Å². The van der Waals surface area contributed by atoms with Gasteiger partial charge in [-0.2, -0.15) is 0 Å². The second-order valence-corrected chi connectivity index (χ2v) is 4.20. The molecule has 17 heavy (non-hydrogen) atoms. The van der Waals surface area contributed by atoms with Crippen LogP contribution in [0.5, 0.6) is 0 Å². The number of hydrogen-bond acceptors (Lipinski definition) is 2. The highest BCUT2D eigenvalue weighted by molar-refractivity contribution is 6.05. The maximum absolute atomic E-state index is 11.8. The molecule has 0 radical (unpaired) electrons. The van der Waals surface area contributed by atoms with Gasteiger partial charge in [0.2, 0.25) is 5.91 Å². The third kappa shape index (κ3) is 3.70. The number of carbonyl (C=O) groups excluding carboxylic acids is 2. The molecule has 1 N–H and O–H groups in total. The van der Waals surface area contributed by atoms with Gasteiger partial charge in [0.1, 0.15) is 0 Å². The Hall–Kier alpha value is -1.64. The number of aryl methyl sites for hydroxylation is 1. The molecule has 0 aliphatic rings. The summed E-state index contributed by atoms with van der Waals surface area (Å²) in [6.45, 7) is 5.81. The third-order valence-corrected chi connectivity index (χ3v) is 2.87. The minimum atomic E-state index is -0.314. The summed E-state index contributed by atoms with van der Waals surface area (Å²) in [7, 11) is 0. The van der Waals surface area contributed by atoms with Crippen molar-refractivity contribution in [3.05, 3.63) is 35.4 Å². The van der Waals surface area contributed by atoms with E-state index < -0.39 is 0 Å². The lowest BCUT2D eigenvalue weighted by molar-refractivity contribution is -0.124. The summed E-state index contributed by atoms with van der Waals surface area (Å²) in [5.74, 6) is -0.573. The van der Waals surface area contributed by atoms with Gasteiger partial charge in [-0.3, -0.25) is 14.9 Å². The van der Waals surface area contributed by atoms with Crippen molar-refractivity contribution < 1.29 is 9.59 Å². The van der Waals surface area contributed by atoms with E-state index in [1.54, 1.807) is 12.1 Å². The van der Waals surface area contributed by atoms with Crippen LogP contribution in [0.25, 0.3) is 0 Å². The molecule has 1 aromatic rings. The fraction of sp³-hybridized carbons (Fsp3) is 0.429. The molecule has 92 valence electrons. The minimum Gasteiger partial charge on any atom is -0.292 e. The van der Waals surface area contributed by atoms with Crippen LogP contribution in [0.1, 0.15) is 42.6 Å². The van der Waals surface area contributed by atoms with Crippen LogP contribution in [0, 0.1) is 12.8 Å². The zero-order valence-electron chi connectivity index (χ0n) is 10.6. The number of rotatable bonds is 4. The molecule has 0 aliphatic carbocycles. The van der Waals surface area contributed by atoms with Gasteiger partial charge < -0.3 is 0 Å². The number of carbonyl (C=O) groups is 2. The fourth-order valence-corrected chi connectivity index (χ4v) is 1.73. The lowest BCUT2D eigenvalue weighted by atomic mass is 10.0. The smallest absolute Gasteiger partial charge is 0.257 e. The molecular weight excluding hydrogens is 214 g/mol. The van der Waals surface area contributed by atoms with E-state index in [9.17, 15) is 9.59 Å². The van der Waals surface area contributed by atoms with Crippen LogP contribution in [0.4, 0.5) is 0 Å². The molecule has 2 amide bonds. The Bertz CT molecular complexity index is 408. The van der Waals surface area contributed by atoms with Crippen LogP contribution in [-0.2, 0) is 4.79 Å². The summed E-state index contributed by atoms with van der Waals surface area (Å²) >= 11 is 0. The fourth-order valence-electron chi connectivity index (χ4n) is 1.73. The van der Waals surface area contributed by atoms with Gasteiger partial charge in [0.15, 0.2) is 0 Å². The monoisotopic (exact) mass is 233 g/mol. The molecule has 0 spiro atoms. The number of nitrogens with one attached hydrogen (secondary N) is 1. The van der Waals surface area contributed by atoms with Crippen LogP contribution in [0.3, 0.4) is 0 Å². The zero-order valence-corrected chi connectivity index (χ0v) is 10.6. The van der Waals surface area contributed by atoms with E-state index in [0.717, 1.165) is 18.4 Å². The van der Waals surface area contributed by atoms with Gasteiger partial charge in [-0.25, -0.2) is 0 Å². The predicted molar refractivity (Wildman–Crippen MR) is 67.7 cm³/mol. The van der Waals surface area contributed by atoms with Crippen LogP contribution < -0.4 is 5.32 Å². The molecule has 3 heteroatoms. The second-order valence-electron chi connectivity index (χ2n) is 4.20. The number of imide groups is 1. The minimum absolute atomic E-state index is 0.0799. The molecule has 0 heterocycles. The quantitative estimate of drug-likeness (QED) is 0.869. The van der Waals surface area contributed by atoms with Gasteiger partial charge in [0.05, 0.1) is 0 Å². The van der Waals surface area contributed by atoms with Crippen molar-refractivity contribution in [2.24, 2.45) is 5.92 Å². The molecule has 0 atom stereocenters. The van der Waals surface area contributed by atoms with Crippen molar-refractivity contribution in [2.45, 2.75) is 33.6 Å². The van der Waals surface area contributed by atoms with E-state index in [1.165, 1.54) is 0 Å². The van der Waals surface area contributed by atoms with Gasteiger partial charge in [0.25, 0.3) is 5.91 Å². The molecule has 1 rings (SSSR count). The standard InChI is InChI=1S/C14H19NO2/c1-4-11(5-2)13(16)15-14(17)12-8-6-7-10(3)9-12/h6-9,11H,4-5H2,1-3H3,(H,15,16,17). The topological polar surface area (TPSA) is 46.2 Å². The normalized spacial score (nSPS) is 10.4. The summed E-state index contributed by atoms with van der Waals surface area (Å²) in [6.07, 6.45) is 1.51. The Morgan fingerprint density at radius 3 is 2.41 bits per heavy atom. The first-order valence-electron chi connectivity index (χ1n) is 6.00. The first-order chi connectivity index (χ1) is 8.08. The van der Waals surface area contributed by atoms with Gasteiger partial charge in [-0.15, -0.1) is 0 Å². The van der Waals surface area contributed by atoms with Crippen molar-refractivity contribution in [2.75, 3.05) is 0 Å². The predicted octanol–water partition coefficient (Wildman–Crippen LogP) is 2.69. The number of hydrogen-bond donors (Lipinski definition) is 1. The van der Waals surface area contributed by atoms with E-state index in [2.05, 4.69) is 5.32 Å². The van der Waals surface area contributed by atoms with Crippen LogP contribution in [0.2, 0.25) is 0 Å². The van der Waals surface area contributed by atoms with Gasteiger partial charge in [0, 0.05) is 11.5 Å². The molecule has 0 saturated carbocycles. The first kappa shape index (κ1) is 13.4. The highest BCUT2D eigenvalue weighted by Crippen LogP contribution is 2.08. The van der Waals surface area contributed by atoms with E-state index in [0.29, 0.717) is 5.56 Å².